The fourth-order valence-electron chi connectivity index (χ4n) is 8.58. The first-order valence-electron chi connectivity index (χ1n) is 17.5. The number of amidine groups is 1. The van der Waals surface area contributed by atoms with Gasteiger partial charge in [-0.05, 0) is 57.0 Å². The van der Waals surface area contributed by atoms with Gasteiger partial charge in [-0.3, -0.25) is 5.32 Å². The fourth-order valence-corrected chi connectivity index (χ4v) is 8.58. The summed E-state index contributed by atoms with van der Waals surface area (Å²) in [6.07, 6.45) is -0.293. The molecule has 0 bridgehead atoms. The molecule has 10 rings (SSSR count). The third kappa shape index (κ3) is 4.25. The van der Waals surface area contributed by atoms with Crippen LogP contribution < -0.4 is 10.6 Å². The molecule has 0 saturated heterocycles. The molecule has 4 heteroatoms. The van der Waals surface area contributed by atoms with Crippen molar-refractivity contribution in [3.63, 3.8) is 0 Å². The Hall–Kier alpha value is -5.97. The van der Waals surface area contributed by atoms with E-state index in [2.05, 4.69) is 175 Å². The first-order chi connectivity index (χ1) is 24.6. The molecule has 2 aliphatic rings. The molecule has 0 fully saturated rings. The van der Waals surface area contributed by atoms with Gasteiger partial charge in [-0.1, -0.05) is 153 Å². The predicted octanol–water partition coefficient (Wildman–Crippen LogP) is 10.6. The molecule has 1 aromatic heterocycles. The summed E-state index contributed by atoms with van der Waals surface area (Å²) in [5.74, 6) is 0.887. The van der Waals surface area contributed by atoms with Crippen molar-refractivity contribution >= 4 is 38.4 Å². The number of fused-ring (bicyclic) bond motifs is 10. The van der Waals surface area contributed by atoms with Gasteiger partial charge in [-0.2, -0.15) is 0 Å². The van der Waals surface area contributed by atoms with E-state index in [4.69, 9.17) is 4.99 Å². The Morgan fingerprint density at radius 2 is 1.24 bits per heavy atom. The summed E-state index contributed by atoms with van der Waals surface area (Å²) in [5, 5.41) is 12.7. The van der Waals surface area contributed by atoms with E-state index in [-0.39, 0.29) is 17.7 Å². The van der Waals surface area contributed by atoms with E-state index in [1.165, 1.54) is 54.8 Å². The van der Waals surface area contributed by atoms with Crippen LogP contribution in [0.5, 0.6) is 0 Å². The van der Waals surface area contributed by atoms with Crippen molar-refractivity contribution in [2.45, 2.75) is 31.6 Å². The Labute approximate surface area is 291 Å². The van der Waals surface area contributed by atoms with E-state index in [9.17, 15) is 0 Å². The number of benzene rings is 7. The molecular weight excluding hydrogens is 609 g/mol. The van der Waals surface area contributed by atoms with Gasteiger partial charge in [0.15, 0.2) is 0 Å². The smallest absolute Gasteiger partial charge is 0.131 e. The van der Waals surface area contributed by atoms with E-state index in [0.717, 1.165) is 28.2 Å². The van der Waals surface area contributed by atoms with Crippen LogP contribution in [0.4, 0.5) is 0 Å². The summed E-state index contributed by atoms with van der Waals surface area (Å²) in [5.41, 5.74) is 12.4. The van der Waals surface area contributed by atoms with Crippen LogP contribution in [-0.4, -0.2) is 10.4 Å². The van der Waals surface area contributed by atoms with Crippen molar-refractivity contribution < 1.29 is 0 Å². The van der Waals surface area contributed by atoms with E-state index in [1.807, 2.05) is 12.1 Å². The molecule has 0 saturated carbocycles. The molecule has 240 valence electrons. The number of nitrogens with zero attached hydrogens (tertiary/aromatic N) is 2. The standard InChI is InChI=1S/C46H36N4/c1-46(2)37-23-13-11-21-35(37)39-40-36-22-12-14-24-38(36)50(42(40)34-20-10-9-19-33(34)41(39)46)32-27-25-31(26-28-32)45-48-43(29-15-5-3-6-16-29)47-44(49-45)30-17-7-4-8-18-30/h3-28,43,45,48H,1-2H3,(H,47,49). The number of aliphatic imine (C=N–C) groups is 1. The van der Waals surface area contributed by atoms with Crippen molar-refractivity contribution in [3.8, 4) is 16.8 Å². The first-order valence-corrected chi connectivity index (χ1v) is 17.5. The zero-order valence-electron chi connectivity index (χ0n) is 28.1. The Morgan fingerprint density at radius 3 is 2.02 bits per heavy atom. The van der Waals surface area contributed by atoms with Gasteiger partial charge in [0.05, 0.1) is 11.0 Å². The normalized spacial score (nSPS) is 17.8. The molecule has 8 aromatic rings. The van der Waals surface area contributed by atoms with Crippen molar-refractivity contribution in [1.29, 1.82) is 0 Å². The lowest BCUT2D eigenvalue weighted by atomic mass is 9.79. The van der Waals surface area contributed by atoms with Gasteiger partial charge in [-0.15, -0.1) is 0 Å². The molecule has 2 unspecified atom stereocenters. The average molecular weight is 645 g/mol. The molecule has 0 spiro atoms. The monoisotopic (exact) mass is 644 g/mol. The number of nitrogens with one attached hydrogen (secondary N) is 2. The molecule has 2 atom stereocenters. The Bertz CT molecular complexity index is 2610. The van der Waals surface area contributed by atoms with Gasteiger partial charge in [-0.25, -0.2) is 4.99 Å². The van der Waals surface area contributed by atoms with Crippen molar-refractivity contribution in [3.05, 3.63) is 186 Å². The number of para-hydroxylation sites is 1. The van der Waals surface area contributed by atoms with Gasteiger partial charge in [0.25, 0.3) is 0 Å². The lowest BCUT2D eigenvalue weighted by Crippen LogP contribution is -2.44. The average Bonchev–Trinajstić information content (AvgIpc) is 3.65. The Kier molecular flexibility index (Phi) is 6.39. The molecule has 0 amide bonds. The van der Waals surface area contributed by atoms with Gasteiger partial charge in [0.1, 0.15) is 18.2 Å². The van der Waals surface area contributed by atoms with Crippen molar-refractivity contribution in [1.82, 2.24) is 15.2 Å². The molecule has 50 heavy (non-hydrogen) atoms. The molecule has 2 N–H and O–H groups in total. The molecule has 0 radical (unpaired) electrons. The van der Waals surface area contributed by atoms with Gasteiger partial charge in [0.2, 0.25) is 0 Å². The zero-order chi connectivity index (χ0) is 33.4. The minimum absolute atomic E-state index is 0.107. The van der Waals surface area contributed by atoms with Crippen LogP contribution in [0.1, 0.15) is 54.0 Å². The third-order valence-electron chi connectivity index (χ3n) is 10.8. The van der Waals surface area contributed by atoms with Crippen LogP contribution in [-0.2, 0) is 5.41 Å². The van der Waals surface area contributed by atoms with Crippen LogP contribution in [0.15, 0.2) is 163 Å². The quantitative estimate of drug-likeness (QED) is 0.200. The maximum absolute atomic E-state index is 5.10. The largest absolute Gasteiger partial charge is 0.350 e. The zero-order valence-corrected chi connectivity index (χ0v) is 28.1. The highest BCUT2D eigenvalue weighted by atomic mass is 15.3. The van der Waals surface area contributed by atoms with Gasteiger partial charge in [0, 0.05) is 32.8 Å². The molecular formula is C46H36N4. The number of hydrogen-bond acceptors (Lipinski definition) is 3. The van der Waals surface area contributed by atoms with Gasteiger partial charge >= 0.3 is 0 Å². The Balaban J connectivity index is 1.15. The number of hydrogen-bond donors (Lipinski definition) is 2. The van der Waals surface area contributed by atoms with Crippen LogP contribution in [0.25, 0.3) is 49.4 Å². The minimum Gasteiger partial charge on any atom is -0.350 e. The molecule has 1 aliphatic carbocycles. The highest BCUT2D eigenvalue weighted by Gasteiger charge is 2.39. The maximum atomic E-state index is 5.10. The van der Waals surface area contributed by atoms with Gasteiger partial charge < -0.3 is 9.88 Å². The van der Waals surface area contributed by atoms with Crippen LogP contribution in [0.2, 0.25) is 0 Å². The summed E-state index contributed by atoms with van der Waals surface area (Å²) < 4.78 is 2.48. The maximum Gasteiger partial charge on any atom is 0.131 e. The second kappa shape index (κ2) is 11.0. The third-order valence-corrected chi connectivity index (χ3v) is 10.8. The summed E-state index contributed by atoms with van der Waals surface area (Å²) >= 11 is 0. The second-order valence-corrected chi connectivity index (χ2v) is 14.0. The van der Waals surface area contributed by atoms with E-state index >= 15 is 0 Å². The predicted molar refractivity (Wildman–Crippen MR) is 207 cm³/mol. The van der Waals surface area contributed by atoms with E-state index < -0.39 is 0 Å². The first kappa shape index (κ1) is 29.0. The molecule has 7 aromatic carbocycles. The van der Waals surface area contributed by atoms with E-state index in [0.29, 0.717) is 0 Å². The minimum atomic E-state index is -0.171. The highest BCUT2D eigenvalue weighted by molar-refractivity contribution is 6.26. The highest BCUT2D eigenvalue weighted by Crippen LogP contribution is 2.56. The SMILES string of the molecule is CC1(C)c2ccccc2-c2c1c1ccccc1c1c2c2ccccc2n1-c1ccc(C2NC(c3ccccc3)=NC(c3ccccc3)N2)cc1. The number of rotatable bonds is 4. The van der Waals surface area contributed by atoms with Crippen LogP contribution in [0.3, 0.4) is 0 Å². The Morgan fingerprint density at radius 1 is 0.600 bits per heavy atom. The van der Waals surface area contributed by atoms with Crippen LogP contribution >= 0.6 is 0 Å². The second-order valence-electron chi connectivity index (χ2n) is 14.0. The fraction of sp³-hybridized carbons (Fsp3) is 0.109. The van der Waals surface area contributed by atoms with E-state index in [1.54, 1.807) is 0 Å². The topological polar surface area (TPSA) is 41.4 Å². The van der Waals surface area contributed by atoms with Crippen molar-refractivity contribution in [2.75, 3.05) is 0 Å². The summed E-state index contributed by atoms with van der Waals surface area (Å²) in [6.45, 7) is 4.77. The lowest BCUT2D eigenvalue weighted by molar-refractivity contribution is 0.409. The van der Waals surface area contributed by atoms with Crippen molar-refractivity contribution in [2.24, 2.45) is 4.99 Å². The molecule has 1 aliphatic heterocycles. The van der Waals surface area contributed by atoms with Crippen LogP contribution in [0, 0.1) is 0 Å². The number of aromatic nitrogens is 1. The molecule has 4 nitrogen and oxygen atoms in total. The molecule has 2 heterocycles. The summed E-state index contributed by atoms with van der Waals surface area (Å²) in [4.78, 5) is 5.10. The summed E-state index contributed by atoms with van der Waals surface area (Å²) in [7, 11) is 0. The lowest BCUT2D eigenvalue weighted by Gasteiger charge is -2.32. The summed E-state index contributed by atoms with van der Waals surface area (Å²) in [6, 6.07) is 56.9.